The molecule has 0 bridgehead atoms. The van der Waals surface area contributed by atoms with Crippen molar-refractivity contribution in [1.82, 2.24) is 19.9 Å². The van der Waals surface area contributed by atoms with Gasteiger partial charge in [-0.15, -0.1) is 11.8 Å². The van der Waals surface area contributed by atoms with Crippen molar-refractivity contribution >= 4 is 22.9 Å². The summed E-state index contributed by atoms with van der Waals surface area (Å²) >= 11 is 1.34. The monoisotopic (exact) mass is 184 g/mol. The number of nitrogens with one attached hydrogen (secondary N) is 1. The molecule has 4 nitrogen and oxygen atoms in total. The highest BCUT2D eigenvalue weighted by atomic mass is 32.2. The van der Waals surface area contributed by atoms with Gasteiger partial charge in [0.2, 0.25) is 0 Å². The molecule has 0 saturated heterocycles. The van der Waals surface area contributed by atoms with E-state index in [-0.39, 0.29) is 0 Å². The Bertz CT molecular complexity index is 413. The maximum atomic E-state index is 12.7. The van der Waals surface area contributed by atoms with Crippen molar-refractivity contribution in [1.29, 1.82) is 0 Å². The molecular formula is C6H5FN4S. The van der Waals surface area contributed by atoms with Gasteiger partial charge in [0, 0.05) is 0 Å². The SMILES string of the molecule is CSc1nc(F)nc2[nH]cnc12. The van der Waals surface area contributed by atoms with E-state index in [0.29, 0.717) is 16.2 Å². The minimum atomic E-state index is -0.726. The minimum absolute atomic E-state index is 0.437. The third-order valence-electron chi connectivity index (χ3n) is 1.41. The molecule has 0 amide bonds. The second-order valence-electron chi connectivity index (χ2n) is 2.10. The molecule has 0 spiro atoms. The maximum Gasteiger partial charge on any atom is 0.311 e. The number of fused-ring (bicyclic) bond motifs is 1. The fourth-order valence-corrected chi connectivity index (χ4v) is 1.43. The van der Waals surface area contributed by atoms with E-state index in [2.05, 4.69) is 19.9 Å². The van der Waals surface area contributed by atoms with Crippen molar-refractivity contribution in [2.45, 2.75) is 5.03 Å². The van der Waals surface area contributed by atoms with Crippen molar-refractivity contribution in [3.63, 3.8) is 0 Å². The zero-order valence-corrected chi connectivity index (χ0v) is 7.02. The van der Waals surface area contributed by atoms with E-state index in [1.165, 1.54) is 18.1 Å². The van der Waals surface area contributed by atoms with E-state index in [1.807, 2.05) is 6.26 Å². The molecule has 0 aliphatic carbocycles. The second kappa shape index (κ2) is 2.71. The number of H-pyrrole nitrogens is 1. The van der Waals surface area contributed by atoms with Gasteiger partial charge < -0.3 is 4.98 Å². The number of hydrogen-bond donors (Lipinski definition) is 1. The molecule has 12 heavy (non-hydrogen) atoms. The molecule has 0 aliphatic rings. The predicted octanol–water partition coefficient (Wildman–Crippen LogP) is 1.21. The Morgan fingerprint density at radius 3 is 3.08 bits per heavy atom. The highest BCUT2D eigenvalue weighted by Gasteiger charge is 2.07. The zero-order valence-electron chi connectivity index (χ0n) is 6.21. The van der Waals surface area contributed by atoms with Gasteiger partial charge in [-0.25, -0.2) is 4.98 Å². The molecule has 0 radical (unpaired) electrons. The third kappa shape index (κ3) is 1.04. The van der Waals surface area contributed by atoms with Crippen LogP contribution in [0.25, 0.3) is 11.2 Å². The minimum Gasteiger partial charge on any atom is -0.329 e. The van der Waals surface area contributed by atoms with Crippen molar-refractivity contribution in [2.75, 3.05) is 6.26 Å². The number of nitrogens with zero attached hydrogens (tertiary/aromatic N) is 3. The van der Waals surface area contributed by atoms with Gasteiger partial charge in [0.05, 0.1) is 6.33 Å². The van der Waals surface area contributed by atoms with E-state index in [4.69, 9.17) is 0 Å². The lowest BCUT2D eigenvalue weighted by atomic mass is 10.6. The molecule has 2 aromatic heterocycles. The van der Waals surface area contributed by atoms with E-state index in [1.54, 1.807) is 0 Å². The lowest BCUT2D eigenvalue weighted by molar-refractivity contribution is 0.533. The number of hydrogen-bond acceptors (Lipinski definition) is 4. The van der Waals surface area contributed by atoms with Crippen LogP contribution in [0.2, 0.25) is 0 Å². The first-order valence-electron chi connectivity index (χ1n) is 3.22. The zero-order chi connectivity index (χ0) is 8.55. The van der Waals surface area contributed by atoms with Crippen molar-refractivity contribution < 1.29 is 4.39 Å². The van der Waals surface area contributed by atoms with Gasteiger partial charge in [-0.05, 0) is 6.26 Å². The summed E-state index contributed by atoms with van der Waals surface area (Å²) in [5.41, 5.74) is 1.05. The third-order valence-corrected chi connectivity index (χ3v) is 2.08. The number of aromatic amines is 1. The molecule has 0 aromatic carbocycles. The molecule has 2 aromatic rings. The Hall–Kier alpha value is -1.17. The fraction of sp³-hybridized carbons (Fsp3) is 0.167. The second-order valence-corrected chi connectivity index (χ2v) is 2.90. The van der Waals surface area contributed by atoms with Gasteiger partial charge in [-0.1, -0.05) is 0 Å². The van der Waals surface area contributed by atoms with Crippen LogP contribution in [0.3, 0.4) is 0 Å². The Labute approximate surface area is 71.6 Å². The van der Waals surface area contributed by atoms with E-state index in [0.717, 1.165) is 0 Å². The molecule has 0 saturated carbocycles. The summed E-state index contributed by atoms with van der Waals surface area (Å²) in [4.78, 5) is 13.8. The average Bonchev–Trinajstić information content (AvgIpc) is 2.50. The Morgan fingerprint density at radius 2 is 2.33 bits per heavy atom. The molecular weight excluding hydrogens is 179 g/mol. The van der Waals surface area contributed by atoms with Crippen LogP contribution in [0.15, 0.2) is 11.4 Å². The van der Waals surface area contributed by atoms with E-state index < -0.39 is 6.08 Å². The quantitative estimate of drug-likeness (QED) is 0.411. The van der Waals surface area contributed by atoms with E-state index in [9.17, 15) is 4.39 Å². The number of halogens is 1. The van der Waals surface area contributed by atoms with Crippen molar-refractivity contribution in [2.24, 2.45) is 0 Å². The van der Waals surface area contributed by atoms with Crippen LogP contribution in [0.1, 0.15) is 0 Å². The summed E-state index contributed by atoms with van der Waals surface area (Å²) < 4.78 is 12.7. The lowest BCUT2D eigenvalue weighted by Gasteiger charge is -1.94. The molecule has 2 rings (SSSR count). The summed E-state index contributed by atoms with van der Waals surface area (Å²) in [6.45, 7) is 0. The average molecular weight is 184 g/mol. The topological polar surface area (TPSA) is 54.5 Å². The van der Waals surface area contributed by atoms with Crippen LogP contribution in [0.5, 0.6) is 0 Å². The molecule has 6 heteroatoms. The van der Waals surface area contributed by atoms with Gasteiger partial charge in [0.25, 0.3) is 0 Å². The number of rotatable bonds is 1. The Morgan fingerprint density at radius 1 is 1.50 bits per heavy atom. The molecule has 62 valence electrons. The molecule has 0 fully saturated rings. The molecule has 0 atom stereocenters. The predicted molar refractivity (Wildman–Crippen MR) is 43.4 cm³/mol. The van der Waals surface area contributed by atoms with Gasteiger partial charge in [0.15, 0.2) is 5.65 Å². The number of thioether (sulfide) groups is 1. The first-order chi connectivity index (χ1) is 5.81. The summed E-state index contributed by atoms with van der Waals surface area (Å²) in [5.74, 6) is 0. The van der Waals surface area contributed by atoms with Crippen molar-refractivity contribution in [3.8, 4) is 0 Å². The van der Waals surface area contributed by atoms with Crippen LogP contribution < -0.4 is 0 Å². The summed E-state index contributed by atoms with van der Waals surface area (Å²) in [6, 6.07) is 0. The smallest absolute Gasteiger partial charge is 0.311 e. The maximum absolute atomic E-state index is 12.7. The summed E-state index contributed by atoms with van der Waals surface area (Å²) in [7, 11) is 0. The Kier molecular flexibility index (Phi) is 1.69. The van der Waals surface area contributed by atoms with Gasteiger partial charge in [0.1, 0.15) is 10.5 Å². The van der Waals surface area contributed by atoms with Crippen LogP contribution in [0, 0.1) is 6.08 Å². The van der Waals surface area contributed by atoms with E-state index >= 15 is 0 Å². The fourth-order valence-electron chi connectivity index (χ4n) is 0.926. The first-order valence-corrected chi connectivity index (χ1v) is 4.44. The highest BCUT2D eigenvalue weighted by molar-refractivity contribution is 7.98. The molecule has 1 N–H and O–H groups in total. The van der Waals surface area contributed by atoms with Crippen LogP contribution in [-0.2, 0) is 0 Å². The van der Waals surface area contributed by atoms with Crippen LogP contribution >= 0.6 is 11.8 Å². The number of imidazole rings is 1. The Balaban J connectivity index is 2.80. The lowest BCUT2D eigenvalue weighted by Crippen LogP contribution is -1.92. The molecule has 0 unspecified atom stereocenters. The molecule has 0 aliphatic heterocycles. The highest BCUT2D eigenvalue weighted by Crippen LogP contribution is 2.19. The van der Waals surface area contributed by atoms with Gasteiger partial charge in [-0.2, -0.15) is 14.4 Å². The number of aromatic nitrogens is 4. The van der Waals surface area contributed by atoms with Crippen molar-refractivity contribution in [3.05, 3.63) is 12.4 Å². The molecule has 2 heterocycles. The summed E-state index contributed by atoms with van der Waals surface area (Å²) in [5, 5.41) is 0.554. The largest absolute Gasteiger partial charge is 0.329 e. The first kappa shape index (κ1) is 7.48. The normalized spacial score (nSPS) is 10.8. The van der Waals surface area contributed by atoms with Crippen LogP contribution in [-0.4, -0.2) is 26.2 Å². The van der Waals surface area contributed by atoms with Crippen LogP contribution in [0.4, 0.5) is 4.39 Å². The summed E-state index contributed by atoms with van der Waals surface area (Å²) in [6.07, 6.45) is 2.56. The standard InChI is InChI=1S/C6H5FN4S/c1-12-5-3-4(9-2-8-3)10-6(7)11-5/h2H,1H3,(H,8,9,10,11). The van der Waals surface area contributed by atoms with Gasteiger partial charge in [-0.3, -0.25) is 0 Å². The van der Waals surface area contributed by atoms with Gasteiger partial charge >= 0.3 is 6.08 Å².